The third-order valence-corrected chi connectivity index (χ3v) is 2.98. The van der Waals surface area contributed by atoms with Gasteiger partial charge in [0.05, 0.1) is 19.8 Å². The summed E-state index contributed by atoms with van der Waals surface area (Å²) in [4.78, 5) is 12.0. The number of anilines is 2. The Morgan fingerprint density at radius 2 is 2.11 bits per heavy atom. The van der Waals surface area contributed by atoms with Crippen LogP contribution in [0.3, 0.4) is 0 Å². The first-order valence-electron chi connectivity index (χ1n) is 5.95. The van der Waals surface area contributed by atoms with Crippen LogP contribution >= 0.6 is 0 Å². The minimum Gasteiger partial charge on any atom is -0.399 e. The molecule has 0 saturated carbocycles. The smallest absolute Gasteiger partial charge is 0.255 e. The molecule has 1 aliphatic heterocycles. The second-order valence-electron chi connectivity index (χ2n) is 4.45. The Kier molecular flexibility index (Phi) is 3.84. The summed E-state index contributed by atoms with van der Waals surface area (Å²) >= 11 is 0. The highest BCUT2D eigenvalue weighted by Gasteiger charge is 2.23. The van der Waals surface area contributed by atoms with Crippen LogP contribution in [0.25, 0.3) is 0 Å². The molecule has 1 heterocycles. The molecular weight excluding hydrogens is 232 g/mol. The van der Waals surface area contributed by atoms with Gasteiger partial charge in [0, 0.05) is 11.4 Å². The van der Waals surface area contributed by atoms with E-state index in [1.54, 1.807) is 0 Å². The molecule has 5 nitrogen and oxygen atoms in total. The Labute approximate surface area is 106 Å². The van der Waals surface area contributed by atoms with Crippen LogP contribution in [0.5, 0.6) is 0 Å². The van der Waals surface area contributed by atoms with E-state index in [9.17, 15) is 4.79 Å². The first-order valence-corrected chi connectivity index (χ1v) is 5.95. The Morgan fingerprint density at radius 3 is 2.78 bits per heavy atom. The number of carbonyl (C=O) groups excluding carboxylic acids is 1. The van der Waals surface area contributed by atoms with E-state index in [1.165, 1.54) is 0 Å². The molecule has 1 unspecified atom stereocenters. The van der Waals surface area contributed by atoms with Crippen LogP contribution < -0.4 is 11.1 Å². The molecule has 0 bridgehead atoms. The van der Waals surface area contributed by atoms with Gasteiger partial charge in [-0.1, -0.05) is 0 Å². The number of amides is 1. The second-order valence-corrected chi connectivity index (χ2v) is 4.45. The van der Waals surface area contributed by atoms with Gasteiger partial charge < -0.3 is 20.5 Å². The summed E-state index contributed by atoms with van der Waals surface area (Å²) in [5.74, 6) is -0.179. The molecule has 1 saturated heterocycles. The van der Waals surface area contributed by atoms with E-state index in [2.05, 4.69) is 5.32 Å². The summed E-state index contributed by atoms with van der Waals surface area (Å²) in [6.45, 7) is 5.12. The van der Waals surface area contributed by atoms with Crippen LogP contribution in [0.2, 0.25) is 0 Å². The highest BCUT2D eigenvalue weighted by atomic mass is 16.6. The van der Waals surface area contributed by atoms with Crippen molar-refractivity contribution in [2.75, 3.05) is 30.9 Å². The molecule has 1 aliphatic rings. The van der Waals surface area contributed by atoms with Gasteiger partial charge in [-0.3, -0.25) is 4.79 Å². The van der Waals surface area contributed by atoms with Crippen LogP contribution in [-0.4, -0.2) is 31.8 Å². The molecule has 1 amide bonds. The molecular formula is C13H18N2O3. The number of ether oxygens (including phenoxy) is 2. The third-order valence-electron chi connectivity index (χ3n) is 2.98. The molecule has 5 heteroatoms. The lowest BCUT2D eigenvalue weighted by Gasteiger charge is -2.22. The Hall–Kier alpha value is -1.59. The fourth-order valence-electron chi connectivity index (χ4n) is 1.83. The summed E-state index contributed by atoms with van der Waals surface area (Å²) in [6, 6.07) is 3.72. The van der Waals surface area contributed by atoms with Crippen LogP contribution in [0.1, 0.15) is 11.1 Å². The average Bonchev–Trinajstić information content (AvgIpc) is 2.37. The molecule has 0 aliphatic carbocycles. The standard InChI is InChI=1S/C13H18N2O3/c1-8-6-11(9(2)5-10(8)14)15-13(16)12-7-17-3-4-18-12/h5-6,12H,3-4,7,14H2,1-2H3,(H,15,16). The van der Waals surface area contributed by atoms with Crippen molar-refractivity contribution < 1.29 is 14.3 Å². The number of hydrogen-bond acceptors (Lipinski definition) is 4. The number of carbonyl (C=O) groups is 1. The zero-order valence-corrected chi connectivity index (χ0v) is 10.7. The van der Waals surface area contributed by atoms with Gasteiger partial charge >= 0.3 is 0 Å². The Balaban J connectivity index is 2.08. The number of rotatable bonds is 2. The topological polar surface area (TPSA) is 73.6 Å². The number of benzene rings is 1. The number of nitrogens with one attached hydrogen (secondary N) is 1. The number of hydrogen-bond donors (Lipinski definition) is 2. The van der Waals surface area contributed by atoms with Gasteiger partial charge in [-0.25, -0.2) is 0 Å². The molecule has 1 atom stereocenters. The largest absolute Gasteiger partial charge is 0.399 e. The van der Waals surface area contributed by atoms with Gasteiger partial charge in [0.1, 0.15) is 0 Å². The van der Waals surface area contributed by atoms with Gasteiger partial charge in [-0.15, -0.1) is 0 Å². The number of nitrogen functional groups attached to an aromatic ring is 1. The lowest BCUT2D eigenvalue weighted by Crippen LogP contribution is -2.39. The maximum Gasteiger partial charge on any atom is 0.255 e. The van der Waals surface area contributed by atoms with Crippen molar-refractivity contribution in [2.45, 2.75) is 20.0 Å². The molecule has 0 radical (unpaired) electrons. The fourth-order valence-corrected chi connectivity index (χ4v) is 1.83. The Bertz CT molecular complexity index is 454. The lowest BCUT2D eigenvalue weighted by molar-refractivity contribution is -0.142. The highest BCUT2D eigenvalue weighted by molar-refractivity contribution is 5.95. The molecule has 1 aromatic carbocycles. The van der Waals surface area contributed by atoms with E-state index >= 15 is 0 Å². The van der Waals surface area contributed by atoms with E-state index in [1.807, 2.05) is 26.0 Å². The van der Waals surface area contributed by atoms with Gasteiger partial charge in [0.25, 0.3) is 5.91 Å². The maximum absolute atomic E-state index is 12.0. The number of aryl methyl sites for hydroxylation is 2. The minimum atomic E-state index is -0.531. The predicted molar refractivity (Wildman–Crippen MR) is 69.5 cm³/mol. The highest BCUT2D eigenvalue weighted by Crippen LogP contribution is 2.22. The lowest BCUT2D eigenvalue weighted by atomic mass is 10.1. The van der Waals surface area contributed by atoms with Crippen LogP contribution in [0.15, 0.2) is 12.1 Å². The summed E-state index contributed by atoms with van der Waals surface area (Å²) in [5, 5.41) is 2.85. The summed E-state index contributed by atoms with van der Waals surface area (Å²) in [6.07, 6.45) is -0.531. The fraction of sp³-hybridized carbons (Fsp3) is 0.462. The van der Waals surface area contributed by atoms with Gasteiger partial charge in [0.15, 0.2) is 6.10 Å². The molecule has 0 aromatic heterocycles. The normalized spacial score (nSPS) is 19.6. The summed E-state index contributed by atoms with van der Waals surface area (Å²) in [5.41, 5.74) is 9.17. The van der Waals surface area contributed by atoms with Gasteiger partial charge in [-0.05, 0) is 37.1 Å². The molecule has 2 rings (SSSR count). The van der Waals surface area contributed by atoms with Crippen LogP contribution in [-0.2, 0) is 14.3 Å². The first-order chi connectivity index (χ1) is 8.58. The van der Waals surface area contributed by atoms with Crippen molar-refractivity contribution >= 4 is 17.3 Å². The molecule has 3 N–H and O–H groups in total. The van der Waals surface area contributed by atoms with Gasteiger partial charge in [0.2, 0.25) is 0 Å². The summed E-state index contributed by atoms with van der Waals surface area (Å²) < 4.78 is 10.6. The molecule has 18 heavy (non-hydrogen) atoms. The SMILES string of the molecule is Cc1cc(NC(=O)C2COCCO2)c(C)cc1N. The van der Waals surface area contributed by atoms with E-state index in [0.29, 0.717) is 19.8 Å². The quantitative estimate of drug-likeness (QED) is 0.774. The number of nitrogens with two attached hydrogens (primary N) is 1. The van der Waals surface area contributed by atoms with E-state index < -0.39 is 6.10 Å². The summed E-state index contributed by atoms with van der Waals surface area (Å²) in [7, 11) is 0. The van der Waals surface area contributed by atoms with Crippen LogP contribution in [0, 0.1) is 13.8 Å². The van der Waals surface area contributed by atoms with E-state index in [-0.39, 0.29) is 5.91 Å². The van der Waals surface area contributed by atoms with Gasteiger partial charge in [-0.2, -0.15) is 0 Å². The zero-order chi connectivity index (χ0) is 13.1. The minimum absolute atomic E-state index is 0.179. The zero-order valence-electron chi connectivity index (χ0n) is 10.7. The van der Waals surface area contributed by atoms with Crippen molar-refractivity contribution in [3.8, 4) is 0 Å². The van der Waals surface area contributed by atoms with Crippen molar-refractivity contribution in [1.82, 2.24) is 0 Å². The monoisotopic (exact) mass is 250 g/mol. The predicted octanol–water partition coefficient (Wildman–Crippen LogP) is 1.24. The first kappa shape index (κ1) is 12.9. The van der Waals surface area contributed by atoms with Crippen LogP contribution in [0.4, 0.5) is 11.4 Å². The third kappa shape index (κ3) is 2.80. The molecule has 0 spiro atoms. The molecule has 1 fully saturated rings. The van der Waals surface area contributed by atoms with E-state index in [0.717, 1.165) is 22.5 Å². The van der Waals surface area contributed by atoms with Crippen molar-refractivity contribution in [2.24, 2.45) is 0 Å². The van der Waals surface area contributed by atoms with E-state index in [4.69, 9.17) is 15.2 Å². The Morgan fingerprint density at radius 1 is 1.33 bits per heavy atom. The second kappa shape index (κ2) is 5.37. The van der Waals surface area contributed by atoms with Crippen molar-refractivity contribution in [1.29, 1.82) is 0 Å². The van der Waals surface area contributed by atoms with Crippen molar-refractivity contribution in [3.63, 3.8) is 0 Å². The maximum atomic E-state index is 12.0. The van der Waals surface area contributed by atoms with Crippen molar-refractivity contribution in [3.05, 3.63) is 23.3 Å². The average molecular weight is 250 g/mol. The molecule has 1 aromatic rings. The molecule has 98 valence electrons.